The van der Waals surface area contributed by atoms with Crippen LogP contribution in [0.2, 0.25) is 19.6 Å². The maximum Gasteiger partial charge on any atom is 0.534 e. The summed E-state index contributed by atoms with van der Waals surface area (Å²) in [5.41, 5.74) is -5.62. The van der Waals surface area contributed by atoms with E-state index in [9.17, 15) is 21.6 Å². The Balaban J connectivity index is 1.48. The summed E-state index contributed by atoms with van der Waals surface area (Å²) in [7, 11) is -8.65. The van der Waals surface area contributed by atoms with Crippen molar-refractivity contribution in [2.45, 2.75) is 25.1 Å². The Hall–Kier alpha value is -6.74. The molecule has 0 radical (unpaired) electrons. The Morgan fingerprint density at radius 2 is 0.694 bits per heavy atom. The van der Waals surface area contributed by atoms with E-state index in [4.69, 9.17) is 4.18 Å². The Morgan fingerprint density at radius 3 is 1.03 bits per heavy atom. The number of rotatable bonds is 3. The van der Waals surface area contributed by atoms with Crippen LogP contribution in [-0.4, -0.2) is 22.0 Å². The van der Waals surface area contributed by atoms with E-state index in [0.717, 1.165) is 113 Å². The number of fused-ring (bicyclic) bond motifs is 24. The number of hydrogen-bond acceptors (Lipinski definition) is 3. The van der Waals surface area contributed by atoms with E-state index < -0.39 is 23.7 Å². The van der Waals surface area contributed by atoms with E-state index in [2.05, 4.69) is 121 Å². The quantitative estimate of drug-likeness (QED) is 0.0770. The second-order valence-electron chi connectivity index (χ2n) is 17.5. The monoisotopic (exact) mass is 848 g/mol. The Morgan fingerprint density at radius 1 is 0.387 bits per heavy atom. The molecule has 0 unspecified atom stereocenters. The summed E-state index contributed by atoms with van der Waals surface area (Å²) < 4.78 is 74.0. The van der Waals surface area contributed by atoms with Crippen molar-refractivity contribution in [2.75, 3.05) is 0 Å². The van der Waals surface area contributed by atoms with Crippen molar-refractivity contribution in [3.8, 4) is 5.75 Å². The zero-order chi connectivity index (χ0) is 42.4. The lowest BCUT2D eigenvalue weighted by molar-refractivity contribution is -0.0499. The lowest BCUT2D eigenvalue weighted by Gasteiger charge is -2.25. The van der Waals surface area contributed by atoms with Gasteiger partial charge in [-0.25, -0.2) is 0 Å². The zero-order valence-electron chi connectivity index (χ0n) is 33.8. The third-order valence-electron chi connectivity index (χ3n) is 13.0. The summed E-state index contributed by atoms with van der Waals surface area (Å²) in [4.78, 5) is 0. The second-order valence-corrected chi connectivity index (χ2v) is 24.0. The molecule has 0 aromatic heterocycles. The number of alkyl halides is 3. The molecule has 300 valence electrons. The Labute approximate surface area is 354 Å². The molecule has 0 heterocycles. The van der Waals surface area contributed by atoms with E-state index in [1.165, 1.54) is 0 Å². The average molecular weight is 849 g/mol. The maximum atomic E-state index is 14.2. The molecule has 0 spiro atoms. The van der Waals surface area contributed by atoms with Crippen LogP contribution in [0.4, 0.5) is 13.2 Å². The molecule has 0 aliphatic heterocycles. The Bertz CT molecular complexity index is 4120. The predicted octanol–water partition coefficient (Wildman–Crippen LogP) is 15.1. The van der Waals surface area contributed by atoms with Gasteiger partial charge in [0.15, 0.2) is 0 Å². The van der Waals surface area contributed by atoms with Crippen LogP contribution in [0, 0.1) is 0 Å². The van der Waals surface area contributed by atoms with Crippen LogP contribution in [-0.2, 0) is 10.1 Å². The normalized spacial score (nSPS) is 13.1. The van der Waals surface area contributed by atoms with Crippen molar-refractivity contribution < 1.29 is 25.8 Å². The van der Waals surface area contributed by atoms with Gasteiger partial charge in [0.1, 0.15) is 5.75 Å². The van der Waals surface area contributed by atoms with Crippen LogP contribution >= 0.6 is 0 Å². The molecule has 3 nitrogen and oxygen atoms in total. The van der Waals surface area contributed by atoms with Crippen LogP contribution < -0.4 is 9.37 Å². The van der Waals surface area contributed by atoms with Crippen molar-refractivity contribution in [3.63, 3.8) is 0 Å². The van der Waals surface area contributed by atoms with E-state index in [-0.39, 0.29) is 5.75 Å². The van der Waals surface area contributed by atoms with E-state index in [1.807, 2.05) is 50.0 Å². The molecule has 0 saturated carbocycles. The second kappa shape index (κ2) is 12.7. The molecular formula is C54H35F3O3SSi. The minimum absolute atomic E-state index is 0.288. The first-order chi connectivity index (χ1) is 29.8. The maximum absolute atomic E-state index is 14.2. The van der Waals surface area contributed by atoms with Gasteiger partial charge in [-0.1, -0.05) is 171 Å². The summed E-state index contributed by atoms with van der Waals surface area (Å²) in [6.07, 6.45) is 0. The first-order valence-electron chi connectivity index (χ1n) is 20.6. The first kappa shape index (κ1) is 37.1. The largest absolute Gasteiger partial charge is 0.534 e. The zero-order valence-corrected chi connectivity index (χ0v) is 35.6. The summed E-state index contributed by atoms with van der Waals surface area (Å²) in [6.45, 7) is 5.99. The van der Waals surface area contributed by atoms with Crippen LogP contribution in [0.3, 0.4) is 0 Å². The first-order valence-corrected chi connectivity index (χ1v) is 25.5. The summed E-state index contributed by atoms with van der Waals surface area (Å²) in [5.74, 6) is -0.288. The molecule has 12 rings (SSSR count). The summed E-state index contributed by atoms with van der Waals surface area (Å²) >= 11 is 0. The topological polar surface area (TPSA) is 43.4 Å². The lowest BCUT2D eigenvalue weighted by atomic mass is 9.80. The molecule has 0 aliphatic carbocycles. The molecule has 0 saturated heterocycles. The molecule has 8 heteroatoms. The molecule has 0 amide bonds. The molecule has 0 atom stereocenters. The fourth-order valence-corrected chi connectivity index (χ4v) is 12.4. The highest BCUT2D eigenvalue weighted by molar-refractivity contribution is 7.88. The summed E-state index contributed by atoms with van der Waals surface area (Å²) in [5, 5.41) is 22.6. The fourth-order valence-electron chi connectivity index (χ4n) is 10.4. The van der Waals surface area contributed by atoms with Crippen molar-refractivity contribution >= 4 is 142 Å². The molecular weight excluding hydrogens is 814 g/mol. The van der Waals surface area contributed by atoms with Crippen LogP contribution in [0.5, 0.6) is 5.75 Å². The van der Waals surface area contributed by atoms with E-state index >= 15 is 0 Å². The summed E-state index contributed by atoms with van der Waals surface area (Å²) in [6, 6.07) is 54.4. The minimum atomic E-state index is -6.01. The van der Waals surface area contributed by atoms with Gasteiger partial charge in [0.05, 0.1) is 8.07 Å². The highest BCUT2D eigenvalue weighted by atomic mass is 32.2. The third kappa shape index (κ3) is 5.08. The predicted molar refractivity (Wildman–Crippen MR) is 258 cm³/mol. The van der Waals surface area contributed by atoms with Gasteiger partial charge in [0.25, 0.3) is 0 Å². The third-order valence-corrected chi connectivity index (χ3v) is 16.0. The molecule has 12 aromatic carbocycles. The average Bonchev–Trinajstić information content (AvgIpc) is 3.26. The van der Waals surface area contributed by atoms with Gasteiger partial charge in [-0.2, -0.15) is 21.6 Å². The van der Waals surface area contributed by atoms with Gasteiger partial charge in [-0.3, -0.25) is 0 Å². The van der Waals surface area contributed by atoms with Gasteiger partial charge >= 0.3 is 15.6 Å². The van der Waals surface area contributed by atoms with E-state index in [1.54, 1.807) is 6.07 Å². The van der Waals surface area contributed by atoms with Crippen LogP contribution in [0.1, 0.15) is 0 Å². The smallest absolute Gasteiger partial charge is 0.376 e. The lowest BCUT2D eigenvalue weighted by Crippen LogP contribution is -2.40. The van der Waals surface area contributed by atoms with Gasteiger partial charge < -0.3 is 4.18 Å². The van der Waals surface area contributed by atoms with Gasteiger partial charge in [-0.05, 0) is 130 Å². The van der Waals surface area contributed by atoms with Crippen LogP contribution in [0.15, 0.2) is 158 Å². The molecule has 0 fully saturated rings. The van der Waals surface area contributed by atoms with Gasteiger partial charge in [0, 0.05) is 0 Å². The molecule has 0 bridgehead atoms. The van der Waals surface area contributed by atoms with Crippen LogP contribution in [0.25, 0.3) is 118 Å². The molecule has 0 aliphatic rings. The van der Waals surface area contributed by atoms with Crippen molar-refractivity contribution in [3.05, 3.63) is 158 Å². The molecule has 0 N–H and O–H groups in total. The highest BCUT2D eigenvalue weighted by Crippen LogP contribution is 2.53. The van der Waals surface area contributed by atoms with Crippen molar-refractivity contribution in [1.82, 2.24) is 0 Å². The van der Waals surface area contributed by atoms with Crippen molar-refractivity contribution in [1.29, 1.82) is 0 Å². The van der Waals surface area contributed by atoms with Crippen molar-refractivity contribution in [2.24, 2.45) is 0 Å². The minimum Gasteiger partial charge on any atom is -0.376 e. The number of benzene rings is 12. The van der Waals surface area contributed by atoms with Gasteiger partial charge in [-0.15, -0.1) is 0 Å². The van der Waals surface area contributed by atoms with E-state index in [0.29, 0.717) is 10.6 Å². The SMILES string of the molecule is C[Si](C)(C)c1cc2c(cc1OS(=O)(=O)C(F)(F)F)c1c3ccc4ccccc4c3c3c4ccccc4ccc3c1c1c3ccc4ccccc4c3c3c4ccccc4ccc3c21. The highest BCUT2D eigenvalue weighted by Gasteiger charge is 2.49. The molecule has 62 heavy (non-hydrogen) atoms. The number of hydrogen-bond donors (Lipinski definition) is 0. The fraction of sp³-hybridized carbons (Fsp3) is 0.0741. The number of halogens is 3. The Kier molecular flexibility index (Phi) is 7.57. The molecule has 12 aromatic rings. The standard InChI is InChI=1S/C54H35F3O3SSi/c1-62(2,3)45-29-43-42(28-44(45)60-61(58,59)54(55,56)57)50-38-24-20-30-12-4-8-16-34(30)46(38)48-36-18-10-6-14-32(36)22-26-40(48)52(50)53-41-27-23-33-15-7-11-19-37(33)49(41)47-35-17-9-5-13-31(35)21-25-39(47)51(43)53/h4-29H,1-3H3. The van der Waals surface area contributed by atoms with Gasteiger partial charge in [0.2, 0.25) is 0 Å².